The summed E-state index contributed by atoms with van der Waals surface area (Å²) in [4.78, 5) is 2.46. The van der Waals surface area contributed by atoms with Crippen LogP contribution in [0.4, 0.5) is 0 Å². The molecule has 4 heteroatoms. The lowest BCUT2D eigenvalue weighted by Gasteiger charge is -2.15. The molecule has 1 unspecified atom stereocenters. The van der Waals surface area contributed by atoms with Gasteiger partial charge in [0, 0.05) is 13.0 Å². The lowest BCUT2D eigenvalue weighted by Crippen LogP contribution is -2.23. The molecule has 1 saturated heterocycles. The fourth-order valence-electron chi connectivity index (χ4n) is 2.57. The van der Waals surface area contributed by atoms with Gasteiger partial charge in [0.25, 0.3) is 0 Å². The van der Waals surface area contributed by atoms with Gasteiger partial charge in [0.15, 0.2) is 0 Å². The number of hydrogen-bond donors (Lipinski definition) is 2. The molecule has 0 aromatic heterocycles. The fraction of sp³-hybridized carbons (Fsp3) is 0.500. The Labute approximate surface area is 108 Å². The van der Waals surface area contributed by atoms with Gasteiger partial charge in [-0.25, -0.2) is 0 Å². The molecule has 0 bridgehead atoms. The van der Waals surface area contributed by atoms with Crippen molar-refractivity contribution in [3.05, 3.63) is 35.9 Å². The Hall–Kier alpha value is -1.55. The third-order valence-corrected chi connectivity index (χ3v) is 3.58. The first-order chi connectivity index (χ1) is 8.79. The maximum atomic E-state index is 8.47. The molecule has 0 radical (unpaired) electrons. The molecule has 1 atom stereocenters. The highest BCUT2D eigenvalue weighted by molar-refractivity contribution is 5.79. The number of hydrogen-bond acceptors (Lipinski definition) is 3. The molecule has 3 N–H and O–H groups in total. The van der Waals surface area contributed by atoms with E-state index >= 15 is 0 Å². The Morgan fingerprint density at radius 2 is 2.17 bits per heavy atom. The lowest BCUT2D eigenvalue weighted by molar-refractivity contribution is 0.312. The van der Waals surface area contributed by atoms with Crippen LogP contribution in [0, 0.1) is 0 Å². The van der Waals surface area contributed by atoms with Gasteiger partial charge in [-0.2, -0.15) is 0 Å². The highest BCUT2D eigenvalue weighted by Crippen LogP contribution is 2.26. The largest absolute Gasteiger partial charge is 0.409 e. The third-order valence-electron chi connectivity index (χ3n) is 3.58. The maximum absolute atomic E-state index is 8.47. The zero-order valence-electron chi connectivity index (χ0n) is 10.6. The minimum Gasteiger partial charge on any atom is -0.409 e. The van der Waals surface area contributed by atoms with Crippen molar-refractivity contribution in [2.24, 2.45) is 10.9 Å². The van der Waals surface area contributed by atoms with Crippen molar-refractivity contribution in [3.8, 4) is 0 Å². The van der Waals surface area contributed by atoms with Crippen molar-refractivity contribution in [1.29, 1.82) is 0 Å². The quantitative estimate of drug-likeness (QED) is 0.362. The average Bonchev–Trinajstić information content (AvgIpc) is 2.88. The van der Waals surface area contributed by atoms with E-state index in [4.69, 9.17) is 10.9 Å². The number of oxime groups is 1. The molecule has 4 nitrogen and oxygen atoms in total. The van der Waals surface area contributed by atoms with Gasteiger partial charge in [-0.15, -0.1) is 0 Å². The van der Waals surface area contributed by atoms with Crippen molar-refractivity contribution in [3.63, 3.8) is 0 Å². The van der Waals surface area contributed by atoms with Gasteiger partial charge in [-0.05, 0) is 37.4 Å². The van der Waals surface area contributed by atoms with Crippen LogP contribution in [0.25, 0.3) is 0 Å². The minimum absolute atomic E-state index is 0.328. The van der Waals surface area contributed by atoms with Crippen molar-refractivity contribution < 1.29 is 5.21 Å². The first kappa shape index (κ1) is 12.9. The van der Waals surface area contributed by atoms with E-state index in [2.05, 4.69) is 40.4 Å². The molecule has 1 aromatic carbocycles. The van der Waals surface area contributed by atoms with E-state index in [0.29, 0.717) is 18.2 Å². The van der Waals surface area contributed by atoms with Crippen molar-refractivity contribution in [1.82, 2.24) is 4.90 Å². The molecule has 2 rings (SSSR count). The number of benzene rings is 1. The Kier molecular flexibility index (Phi) is 4.59. The van der Waals surface area contributed by atoms with Crippen LogP contribution in [-0.2, 0) is 0 Å². The van der Waals surface area contributed by atoms with Gasteiger partial charge >= 0.3 is 0 Å². The summed E-state index contributed by atoms with van der Waals surface area (Å²) in [5.41, 5.74) is 6.90. The molecule has 1 aromatic rings. The monoisotopic (exact) mass is 247 g/mol. The summed E-state index contributed by atoms with van der Waals surface area (Å²) < 4.78 is 0. The van der Waals surface area contributed by atoms with Crippen LogP contribution >= 0.6 is 0 Å². The summed E-state index contributed by atoms with van der Waals surface area (Å²) in [7, 11) is 0. The number of rotatable bonds is 5. The zero-order valence-corrected chi connectivity index (χ0v) is 10.6. The summed E-state index contributed by atoms with van der Waals surface area (Å²) in [6.45, 7) is 3.30. The van der Waals surface area contributed by atoms with Crippen LogP contribution in [-0.4, -0.2) is 35.6 Å². The number of amidine groups is 1. The van der Waals surface area contributed by atoms with Gasteiger partial charge in [0.2, 0.25) is 0 Å². The van der Waals surface area contributed by atoms with Crippen LogP contribution in [0.1, 0.15) is 30.7 Å². The summed E-state index contributed by atoms with van der Waals surface area (Å²) >= 11 is 0. The lowest BCUT2D eigenvalue weighted by atomic mass is 9.99. The van der Waals surface area contributed by atoms with Gasteiger partial charge in [-0.3, -0.25) is 0 Å². The van der Waals surface area contributed by atoms with Gasteiger partial charge in [0.05, 0.1) is 0 Å². The molecule has 98 valence electrons. The Bertz CT molecular complexity index is 391. The zero-order chi connectivity index (χ0) is 12.8. The second-order valence-electron chi connectivity index (χ2n) is 4.89. The van der Waals surface area contributed by atoms with E-state index in [1.807, 2.05) is 0 Å². The van der Waals surface area contributed by atoms with E-state index in [1.165, 1.54) is 12.0 Å². The second kappa shape index (κ2) is 6.40. The maximum Gasteiger partial charge on any atom is 0.139 e. The van der Waals surface area contributed by atoms with Crippen LogP contribution in [0.5, 0.6) is 0 Å². The molecule has 1 aliphatic heterocycles. The molecule has 1 fully saturated rings. The molecule has 18 heavy (non-hydrogen) atoms. The molecule has 1 heterocycles. The van der Waals surface area contributed by atoms with Gasteiger partial charge in [-0.1, -0.05) is 35.5 Å². The summed E-state index contributed by atoms with van der Waals surface area (Å²) in [6.07, 6.45) is 2.86. The summed E-state index contributed by atoms with van der Waals surface area (Å²) in [5, 5.41) is 11.5. The minimum atomic E-state index is 0.328. The molecular formula is C14H21N3O. The van der Waals surface area contributed by atoms with Crippen LogP contribution in [0.3, 0.4) is 0 Å². The first-order valence-corrected chi connectivity index (χ1v) is 6.53. The summed E-state index contributed by atoms with van der Waals surface area (Å²) in [6, 6.07) is 10.7. The van der Waals surface area contributed by atoms with Crippen molar-refractivity contribution in [2.75, 3.05) is 19.6 Å². The van der Waals surface area contributed by atoms with Crippen molar-refractivity contribution >= 4 is 5.84 Å². The Balaban J connectivity index is 1.75. The number of nitrogens with zero attached hydrogens (tertiary/aromatic N) is 2. The van der Waals surface area contributed by atoms with Crippen LogP contribution in [0.2, 0.25) is 0 Å². The first-order valence-electron chi connectivity index (χ1n) is 6.53. The normalized spacial score (nSPS) is 21.3. The van der Waals surface area contributed by atoms with Crippen LogP contribution < -0.4 is 5.73 Å². The molecule has 0 amide bonds. The molecule has 1 aliphatic rings. The number of likely N-dealkylation sites (tertiary alicyclic amines) is 1. The van der Waals surface area contributed by atoms with Crippen LogP contribution in [0.15, 0.2) is 35.5 Å². The van der Waals surface area contributed by atoms with Gasteiger partial charge in [0.1, 0.15) is 5.84 Å². The Morgan fingerprint density at radius 1 is 1.39 bits per heavy atom. The number of nitrogens with two attached hydrogens (primary N) is 1. The predicted molar refractivity (Wildman–Crippen MR) is 72.9 cm³/mol. The smallest absolute Gasteiger partial charge is 0.139 e. The predicted octanol–water partition coefficient (Wildman–Crippen LogP) is 2.00. The van der Waals surface area contributed by atoms with E-state index in [-0.39, 0.29) is 0 Å². The average molecular weight is 247 g/mol. The SMILES string of the molecule is NC(CCCN1CCC(c2ccccc2)C1)=NO. The van der Waals surface area contributed by atoms with E-state index < -0.39 is 0 Å². The molecule has 0 saturated carbocycles. The van der Waals surface area contributed by atoms with E-state index in [0.717, 1.165) is 26.1 Å². The second-order valence-corrected chi connectivity index (χ2v) is 4.89. The summed E-state index contributed by atoms with van der Waals surface area (Å²) in [5.74, 6) is 0.990. The van der Waals surface area contributed by atoms with E-state index in [1.54, 1.807) is 0 Å². The molecule has 0 spiro atoms. The van der Waals surface area contributed by atoms with Gasteiger partial charge < -0.3 is 15.8 Å². The van der Waals surface area contributed by atoms with Crippen molar-refractivity contribution in [2.45, 2.75) is 25.2 Å². The molecule has 0 aliphatic carbocycles. The standard InChI is InChI=1S/C14H21N3O/c15-14(16-18)7-4-9-17-10-8-13(11-17)12-5-2-1-3-6-12/h1-3,5-6,13,18H,4,7-11H2,(H2,15,16). The topological polar surface area (TPSA) is 61.8 Å². The highest BCUT2D eigenvalue weighted by Gasteiger charge is 2.22. The third kappa shape index (κ3) is 3.47. The molecular weight excluding hydrogens is 226 g/mol. The fourth-order valence-corrected chi connectivity index (χ4v) is 2.57. The highest BCUT2D eigenvalue weighted by atomic mass is 16.4. The van der Waals surface area contributed by atoms with E-state index in [9.17, 15) is 0 Å². The Morgan fingerprint density at radius 3 is 2.89 bits per heavy atom.